The topological polar surface area (TPSA) is 93.1 Å². The highest BCUT2D eigenvalue weighted by Gasteiger charge is 2.06. The van der Waals surface area contributed by atoms with Gasteiger partial charge in [0.2, 0.25) is 0 Å². The second-order valence-electron chi connectivity index (χ2n) is 6.53. The molecule has 6 nitrogen and oxygen atoms in total. The third kappa shape index (κ3) is 4.23. The first-order valence-corrected chi connectivity index (χ1v) is 9.04. The third-order valence-electron chi connectivity index (χ3n) is 4.46. The normalized spacial score (nSPS) is 10.5. The predicted octanol–water partition coefficient (Wildman–Crippen LogP) is 5.82. The molecule has 0 aliphatic carbocycles. The van der Waals surface area contributed by atoms with Crippen LogP contribution in [0.4, 0.5) is 0 Å². The van der Waals surface area contributed by atoms with Crippen molar-refractivity contribution in [2.45, 2.75) is 0 Å². The first kappa shape index (κ1) is 19.0. The van der Waals surface area contributed by atoms with Gasteiger partial charge in [-0.3, -0.25) is 0 Å². The van der Waals surface area contributed by atoms with Gasteiger partial charge in [0.25, 0.3) is 0 Å². The summed E-state index contributed by atoms with van der Waals surface area (Å²) in [5.74, 6) is 0.381. The average molecular weight is 400 g/mol. The predicted molar refractivity (Wildman–Crippen MR) is 111 cm³/mol. The van der Waals surface area contributed by atoms with Crippen molar-refractivity contribution in [2.75, 3.05) is 0 Å². The molecular weight excluding hydrogens is 384 g/mol. The average Bonchev–Trinajstić information content (AvgIpc) is 2.74. The van der Waals surface area contributed by atoms with Gasteiger partial charge in [0.15, 0.2) is 0 Å². The molecule has 0 atom stereocenters. The van der Waals surface area contributed by atoms with Crippen LogP contribution in [0.15, 0.2) is 84.9 Å². The van der Waals surface area contributed by atoms with Crippen molar-refractivity contribution in [3.63, 3.8) is 0 Å². The Labute approximate surface area is 171 Å². The molecule has 4 rings (SSSR count). The fourth-order valence-electron chi connectivity index (χ4n) is 2.93. The Kier molecular flexibility index (Phi) is 5.05. The molecule has 0 aromatic heterocycles. The van der Waals surface area contributed by atoms with Crippen LogP contribution in [0.5, 0.6) is 23.0 Å². The number of ether oxygens (including phenoxy) is 2. The van der Waals surface area contributed by atoms with Gasteiger partial charge in [-0.1, -0.05) is 12.1 Å². The van der Waals surface area contributed by atoms with Gasteiger partial charge in [-0.2, -0.15) is 0 Å². The van der Waals surface area contributed by atoms with Crippen LogP contribution >= 0.6 is 0 Å². The van der Waals surface area contributed by atoms with Crippen LogP contribution in [0.2, 0.25) is 0 Å². The fraction of sp³-hybridized carbons (Fsp3) is 0. The SMILES string of the molecule is O=C(O)c1ccc(Oc2ccc3cc(Oc4ccc(C(=O)O)cc4)ccc3c2)cc1. The first-order valence-electron chi connectivity index (χ1n) is 9.04. The second kappa shape index (κ2) is 7.97. The van der Waals surface area contributed by atoms with E-state index in [1.54, 1.807) is 24.3 Å². The van der Waals surface area contributed by atoms with E-state index < -0.39 is 11.9 Å². The number of rotatable bonds is 6. The summed E-state index contributed by atoms with van der Waals surface area (Å²) in [6.45, 7) is 0. The summed E-state index contributed by atoms with van der Waals surface area (Å²) in [5, 5.41) is 19.8. The van der Waals surface area contributed by atoms with Crippen LogP contribution < -0.4 is 9.47 Å². The lowest BCUT2D eigenvalue weighted by atomic mass is 10.1. The van der Waals surface area contributed by atoms with Crippen molar-refractivity contribution >= 4 is 22.7 Å². The molecule has 6 heteroatoms. The fourth-order valence-corrected chi connectivity index (χ4v) is 2.93. The molecule has 0 heterocycles. The summed E-state index contributed by atoms with van der Waals surface area (Å²) in [5.41, 5.74) is 0.400. The number of carboxylic acid groups (broad SMARTS) is 2. The van der Waals surface area contributed by atoms with E-state index in [-0.39, 0.29) is 11.1 Å². The van der Waals surface area contributed by atoms with Crippen LogP contribution in [0, 0.1) is 0 Å². The minimum Gasteiger partial charge on any atom is -0.478 e. The number of benzene rings is 4. The molecule has 0 radical (unpaired) electrons. The molecule has 0 spiro atoms. The Morgan fingerprint density at radius 2 is 0.833 bits per heavy atom. The van der Waals surface area contributed by atoms with Crippen LogP contribution in [0.25, 0.3) is 10.8 Å². The molecule has 0 amide bonds. The lowest BCUT2D eigenvalue weighted by Crippen LogP contribution is -1.95. The summed E-state index contributed by atoms with van der Waals surface area (Å²) in [7, 11) is 0. The van der Waals surface area contributed by atoms with E-state index in [1.165, 1.54) is 24.3 Å². The standard InChI is InChI=1S/C24H16O6/c25-23(26)15-1-7-19(8-2-15)29-21-11-5-18-14-22(12-6-17(18)13-21)30-20-9-3-16(4-10-20)24(27)28/h1-14H,(H,25,26)(H,27,28). The summed E-state index contributed by atoms with van der Waals surface area (Å²) >= 11 is 0. The Bertz CT molecular complexity index is 1130. The van der Waals surface area contributed by atoms with Gasteiger partial charge in [-0.05, 0) is 83.6 Å². The lowest BCUT2D eigenvalue weighted by Gasteiger charge is -2.09. The van der Waals surface area contributed by atoms with E-state index in [0.29, 0.717) is 23.0 Å². The third-order valence-corrected chi connectivity index (χ3v) is 4.46. The quantitative estimate of drug-likeness (QED) is 0.424. The van der Waals surface area contributed by atoms with Gasteiger partial charge in [-0.15, -0.1) is 0 Å². The van der Waals surface area contributed by atoms with Crippen molar-refractivity contribution < 1.29 is 29.3 Å². The Balaban J connectivity index is 1.50. The minimum atomic E-state index is -0.983. The molecule has 0 saturated carbocycles. The van der Waals surface area contributed by atoms with E-state index in [1.807, 2.05) is 36.4 Å². The van der Waals surface area contributed by atoms with Crippen LogP contribution in [-0.2, 0) is 0 Å². The number of hydrogen-bond acceptors (Lipinski definition) is 4. The number of aromatic carboxylic acids is 2. The maximum atomic E-state index is 10.9. The maximum absolute atomic E-state index is 10.9. The molecule has 4 aromatic carbocycles. The van der Waals surface area contributed by atoms with E-state index in [2.05, 4.69) is 0 Å². The molecule has 30 heavy (non-hydrogen) atoms. The summed E-state index contributed by atoms with van der Waals surface area (Å²) in [6.07, 6.45) is 0. The molecule has 4 aromatic rings. The van der Waals surface area contributed by atoms with Crippen LogP contribution in [0.3, 0.4) is 0 Å². The molecule has 0 saturated heterocycles. The van der Waals surface area contributed by atoms with Crippen molar-refractivity contribution in [1.82, 2.24) is 0 Å². The van der Waals surface area contributed by atoms with Gasteiger partial charge >= 0.3 is 11.9 Å². The lowest BCUT2D eigenvalue weighted by molar-refractivity contribution is 0.0686. The van der Waals surface area contributed by atoms with Crippen LogP contribution in [-0.4, -0.2) is 22.2 Å². The highest BCUT2D eigenvalue weighted by molar-refractivity contribution is 5.88. The molecule has 0 aliphatic heterocycles. The second-order valence-corrected chi connectivity index (χ2v) is 6.53. The van der Waals surface area contributed by atoms with Gasteiger partial charge in [0, 0.05) is 0 Å². The van der Waals surface area contributed by atoms with E-state index in [0.717, 1.165) is 10.8 Å². The highest BCUT2D eigenvalue weighted by atomic mass is 16.5. The van der Waals surface area contributed by atoms with Gasteiger partial charge in [0.1, 0.15) is 23.0 Å². The molecule has 0 bridgehead atoms. The number of carboxylic acids is 2. The highest BCUT2D eigenvalue weighted by Crippen LogP contribution is 2.30. The number of hydrogen-bond donors (Lipinski definition) is 2. The largest absolute Gasteiger partial charge is 0.478 e. The van der Waals surface area contributed by atoms with E-state index in [4.69, 9.17) is 19.7 Å². The molecule has 2 N–H and O–H groups in total. The zero-order valence-corrected chi connectivity index (χ0v) is 15.6. The minimum absolute atomic E-state index is 0.200. The van der Waals surface area contributed by atoms with Crippen molar-refractivity contribution in [2.24, 2.45) is 0 Å². The molecule has 0 aliphatic rings. The zero-order chi connectivity index (χ0) is 21.1. The van der Waals surface area contributed by atoms with Crippen molar-refractivity contribution in [3.8, 4) is 23.0 Å². The Morgan fingerprint density at radius 1 is 0.500 bits per heavy atom. The Morgan fingerprint density at radius 3 is 1.17 bits per heavy atom. The number of fused-ring (bicyclic) bond motifs is 1. The van der Waals surface area contributed by atoms with Crippen molar-refractivity contribution in [1.29, 1.82) is 0 Å². The summed E-state index contributed by atoms with van der Waals surface area (Å²) in [6, 6.07) is 23.6. The molecular formula is C24H16O6. The molecule has 148 valence electrons. The smallest absolute Gasteiger partial charge is 0.335 e. The molecule has 0 unspecified atom stereocenters. The van der Waals surface area contributed by atoms with Crippen LogP contribution in [0.1, 0.15) is 20.7 Å². The maximum Gasteiger partial charge on any atom is 0.335 e. The van der Waals surface area contributed by atoms with Gasteiger partial charge in [-0.25, -0.2) is 9.59 Å². The van der Waals surface area contributed by atoms with Gasteiger partial charge in [0.05, 0.1) is 11.1 Å². The number of carbonyl (C=O) groups is 2. The monoisotopic (exact) mass is 400 g/mol. The van der Waals surface area contributed by atoms with E-state index in [9.17, 15) is 9.59 Å². The first-order chi connectivity index (χ1) is 14.5. The Hall–Kier alpha value is -4.32. The molecule has 0 fully saturated rings. The van der Waals surface area contributed by atoms with Gasteiger partial charge < -0.3 is 19.7 Å². The summed E-state index contributed by atoms with van der Waals surface area (Å²) < 4.78 is 11.6. The van der Waals surface area contributed by atoms with Crippen molar-refractivity contribution in [3.05, 3.63) is 96.1 Å². The zero-order valence-electron chi connectivity index (χ0n) is 15.6. The summed E-state index contributed by atoms with van der Waals surface area (Å²) in [4.78, 5) is 21.9. The van der Waals surface area contributed by atoms with E-state index >= 15 is 0 Å².